The topological polar surface area (TPSA) is 59.3 Å². The lowest BCUT2D eigenvalue weighted by atomic mass is 10.1. The number of carbonyl (C=O) groups excluding carboxylic acids is 1. The summed E-state index contributed by atoms with van der Waals surface area (Å²) in [5.74, 6) is 0.393. The van der Waals surface area contributed by atoms with Crippen LogP contribution in [0.4, 0.5) is 4.39 Å². The van der Waals surface area contributed by atoms with Crippen LogP contribution in [0.15, 0.2) is 36.4 Å². The number of benzene rings is 2. The zero-order valence-corrected chi connectivity index (χ0v) is 11.3. The van der Waals surface area contributed by atoms with Gasteiger partial charge >= 0.3 is 0 Å². The molecule has 106 valence electrons. The first-order chi connectivity index (χ1) is 10.2. The summed E-state index contributed by atoms with van der Waals surface area (Å²) in [5.41, 5.74) is 0.910. The van der Waals surface area contributed by atoms with Gasteiger partial charge in [-0.15, -0.1) is 0 Å². The maximum absolute atomic E-state index is 13.6. The molecule has 0 amide bonds. The Morgan fingerprint density at radius 2 is 2.10 bits per heavy atom. The molecule has 0 unspecified atom stereocenters. The molecule has 0 atom stereocenters. The molecule has 21 heavy (non-hydrogen) atoms. The lowest BCUT2D eigenvalue weighted by molar-refractivity contribution is 0.111. The molecule has 0 aromatic heterocycles. The predicted octanol–water partition coefficient (Wildman–Crippen LogP) is 3.10. The third-order valence-corrected chi connectivity index (χ3v) is 2.90. The van der Waals surface area contributed by atoms with Gasteiger partial charge in [-0.2, -0.15) is 5.26 Å². The molecule has 2 aromatic carbocycles. The number of methoxy groups -OCH3 is 1. The van der Waals surface area contributed by atoms with E-state index in [1.165, 1.54) is 31.4 Å². The Bertz CT molecular complexity index is 707. The molecule has 0 fully saturated rings. The summed E-state index contributed by atoms with van der Waals surface area (Å²) in [5, 5.41) is 8.80. The summed E-state index contributed by atoms with van der Waals surface area (Å²) < 4.78 is 24.1. The molecule has 0 saturated carbocycles. The Kier molecular flexibility index (Phi) is 4.52. The minimum atomic E-state index is -0.463. The van der Waals surface area contributed by atoms with Crippen molar-refractivity contribution in [2.75, 3.05) is 7.11 Å². The van der Waals surface area contributed by atoms with Crippen molar-refractivity contribution in [1.82, 2.24) is 0 Å². The van der Waals surface area contributed by atoms with E-state index in [1.54, 1.807) is 12.1 Å². The maximum atomic E-state index is 13.6. The number of halogens is 1. The second-order valence-corrected chi connectivity index (χ2v) is 4.23. The fourth-order valence-corrected chi connectivity index (χ4v) is 1.79. The van der Waals surface area contributed by atoms with Gasteiger partial charge in [-0.05, 0) is 36.4 Å². The van der Waals surface area contributed by atoms with Crippen LogP contribution in [0.25, 0.3) is 0 Å². The van der Waals surface area contributed by atoms with Crippen molar-refractivity contribution >= 4 is 6.29 Å². The first-order valence-electron chi connectivity index (χ1n) is 6.12. The van der Waals surface area contributed by atoms with Gasteiger partial charge in [0.2, 0.25) is 0 Å². The second kappa shape index (κ2) is 6.53. The molecule has 0 saturated heterocycles. The van der Waals surface area contributed by atoms with Crippen molar-refractivity contribution in [3.63, 3.8) is 0 Å². The van der Waals surface area contributed by atoms with Crippen molar-refractivity contribution in [3.05, 3.63) is 58.9 Å². The highest BCUT2D eigenvalue weighted by molar-refractivity contribution is 5.80. The van der Waals surface area contributed by atoms with E-state index in [0.717, 1.165) is 0 Å². The average molecular weight is 285 g/mol. The van der Waals surface area contributed by atoms with Gasteiger partial charge in [-0.25, -0.2) is 4.39 Å². The molecule has 0 spiro atoms. The van der Waals surface area contributed by atoms with Gasteiger partial charge in [0.05, 0.1) is 24.3 Å². The molecule has 5 heteroatoms. The average Bonchev–Trinajstić information content (AvgIpc) is 2.54. The molecule has 2 aromatic rings. The number of nitriles is 1. The molecule has 0 heterocycles. The minimum absolute atomic E-state index is 0.0749. The Morgan fingerprint density at radius 3 is 2.76 bits per heavy atom. The Balaban J connectivity index is 2.20. The monoisotopic (exact) mass is 285 g/mol. The molecule has 0 aliphatic carbocycles. The zero-order chi connectivity index (χ0) is 15.2. The second-order valence-electron chi connectivity index (χ2n) is 4.23. The van der Waals surface area contributed by atoms with E-state index in [-0.39, 0.29) is 12.2 Å². The predicted molar refractivity (Wildman–Crippen MR) is 73.8 cm³/mol. The summed E-state index contributed by atoms with van der Waals surface area (Å²) in [6.07, 6.45) is 0.639. The van der Waals surface area contributed by atoms with Crippen LogP contribution in [0.1, 0.15) is 21.5 Å². The number of aldehydes is 1. The number of rotatable bonds is 5. The van der Waals surface area contributed by atoms with E-state index in [4.69, 9.17) is 14.7 Å². The van der Waals surface area contributed by atoms with Crippen LogP contribution < -0.4 is 9.47 Å². The lowest BCUT2D eigenvalue weighted by Gasteiger charge is -2.10. The zero-order valence-electron chi connectivity index (χ0n) is 11.3. The summed E-state index contributed by atoms with van der Waals surface area (Å²) in [4.78, 5) is 11.0. The minimum Gasteiger partial charge on any atom is -0.497 e. The lowest BCUT2D eigenvalue weighted by Crippen LogP contribution is -2.01. The summed E-state index contributed by atoms with van der Waals surface area (Å²) >= 11 is 0. The van der Waals surface area contributed by atoms with Crippen LogP contribution in [0.5, 0.6) is 11.5 Å². The van der Waals surface area contributed by atoms with Crippen molar-refractivity contribution in [1.29, 1.82) is 5.26 Å². The van der Waals surface area contributed by atoms with Crippen LogP contribution in [0.3, 0.4) is 0 Å². The molecular weight excluding hydrogens is 273 g/mol. The van der Waals surface area contributed by atoms with Crippen LogP contribution in [-0.2, 0) is 6.61 Å². The van der Waals surface area contributed by atoms with Crippen molar-refractivity contribution in [3.8, 4) is 17.6 Å². The van der Waals surface area contributed by atoms with E-state index in [2.05, 4.69) is 0 Å². The SMILES string of the molecule is COc1ccc(OCc2cc(C#N)ccc2F)c(C=O)c1. The van der Waals surface area contributed by atoms with Gasteiger partial charge in [0.1, 0.15) is 23.9 Å². The van der Waals surface area contributed by atoms with Crippen LogP contribution in [-0.4, -0.2) is 13.4 Å². The first kappa shape index (κ1) is 14.5. The van der Waals surface area contributed by atoms with Crippen molar-refractivity contribution in [2.24, 2.45) is 0 Å². The van der Waals surface area contributed by atoms with Gasteiger partial charge in [0.15, 0.2) is 6.29 Å². The molecule has 0 N–H and O–H groups in total. The molecular formula is C16H12FNO3. The largest absolute Gasteiger partial charge is 0.497 e. The Morgan fingerprint density at radius 1 is 1.29 bits per heavy atom. The molecule has 0 aliphatic rings. The smallest absolute Gasteiger partial charge is 0.153 e. The van der Waals surface area contributed by atoms with E-state index in [9.17, 15) is 9.18 Å². The fraction of sp³-hybridized carbons (Fsp3) is 0.125. The number of ether oxygens (including phenoxy) is 2. The third-order valence-electron chi connectivity index (χ3n) is 2.90. The van der Waals surface area contributed by atoms with Gasteiger partial charge < -0.3 is 9.47 Å². The molecule has 4 nitrogen and oxygen atoms in total. The molecule has 0 aliphatic heterocycles. The van der Waals surface area contributed by atoms with Crippen LogP contribution in [0, 0.1) is 17.1 Å². The molecule has 0 bridgehead atoms. The highest BCUT2D eigenvalue weighted by Gasteiger charge is 2.08. The van der Waals surface area contributed by atoms with Crippen LogP contribution in [0.2, 0.25) is 0 Å². The van der Waals surface area contributed by atoms with Gasteiger partial charge in [0, 0.05) is 5.56 Å². The maximum Gasteiger partial charge on any atom is 0.153 e. The standard InChI is InChI=1S/C16H12FNO3/c1-20-14-3-5-16(12(7-14)9-19)21-10-13-6-11(8-18)2-4-15(13)17/h2-7,9H,10H2,1H3. The highest BCUT2D eigenvalue weighted by atomic mass is 19.1. The number of hydrogen-bond acceptors (Lipinski definition) is 4. The highest BCUT2D eigenvalue weighted by Crippen LogP contribution is 2.24. The van der Waals surface area contributed by atoms with Crippen molar-refractivity contribution in [2.45, 2.75) is 6.61 Å². The van der Waals surface area contributed by atoms with Crippen molar-refractivity contribution < 1.29 is 18.7 Å². The van der Waals surface area contributed by atoms with E-state index in [0.29, 0.717) is 28.9 Å². The van der Waals surface area contributed by atoms with E-state index < -0.39 is 5.82 Å². The van der Waals surface area contributed by atoms with Gasteiger partial charge in [-0.3, -0.25) is 4.79 Å². The summed E-state index contributed by atoms with van der Waals surface area (Å²) in [6.45, 7) is -0.0749. The number of hydrogen-bond donors (Lipinski definition) is 0. The van der Waals surface area contributed by atoms with Gasteiger partial charge in [0.25, 0.3) is 0 Å². The first-order valence-corrected chi connectivity index (χ1v) is 6.12. The third kappa shape index (κ3) is 3.37. The van der Waals surface area contributed by atoms with Crippen LogP contribution >= 0.6 is 0 Å². The normalized spacial score (nSPS) is 9.76. The summed E-state index contributed by atoms with van der Waals surface area (Å²) in [7, 11) is 1.49. The number of nitrogens with zero attached hydrogens (tertiary/aromatic N) is 1. The quantitative estimate of drug-likeness (QED) is 0.792. The molecule has 0 radical (unpaired) electrons. The number of carbonyl (C=O) groups is 1. The van der Waals surface area contributed by atoms with Gasteiger partial charge in [-0.1, -0.05) is 0 Å². The molecule has 2 rings (SSSR count). The summed E-state index contributed by atoms with van der Waals surface area (Å²) in [6, 6.07) is 10.7. The Hall–Kier alpha value is -2.87. The fourth-order valence-electron chi connectivity index (χ4n) is 1.79. The Labute approximate surface area is 121 Å². The van der Waals surface area contributed by atoms with E-state index in [1.807, 2.05) is 6.07 Å². The van der Waals surface area contributed by atoms with E-state index >= 15 is 0 Å².